The van der Waals surface area contributed by atoms with Gasteiger partial charge in [-0.15, -0.1) is 0 Å². The highest BCUT2D eigenvalue weighted by molar-refractivity contribution is 7.98. The Hall–Kier alpha value is -3.26. The summed E-state index contributed by atoms with van der Waals surface area (Å²) < 4.78 is 11.2. The van der Waals surface area contributed by atoms with Crippen molar-refractivity contribution in [3.05, 3.63) is 75.6 Å². The van der Waals surface area contributed by atoms with Crippen molar-refractivity contribution >= 4 is 34.5 Å². The summed E-state index contributed by atoms with van der Waals surface area (Å²) in [5.74, 6) is 1.12. The van der Waals surface area contributed by atoms with Gasteiger partial charge in [-0.3, -0.25) is 9.59 Å². The molecule has 2 aliphatic carbocycles. The number of aryl methyl sites for hydroxylation is 1. The number of hydrogen-bond donors (Lipinski definition) is 2. The molecule has 1 saturated carbocycles. The summed E-state index contributed by atoms with van der Waals surface area (Å²) >= 11 is 1.60. The molecule has 2 amide bonds. The van der Waals surface area contributed by atoms with Crippen LogP contribution in [0.4, 0.5) is 0 Å². The van der Waals surface area contributed by atoms with E-state index in [0.717, 1.165) is 60.8 Å². The summed E-state index contributed by atoms with van der Waals surface area (Å²) in [5, 5.41) is 6.73. The molecule has 3 aromatic rings. The predicted octanol–water partition coefficient (Wildman–Crippen LogP) is 3.75. The van der Waals surface area contributed by atoms with E-state index in [2.05, 4.69) is 10.6 Å². The van der Waals surface area contributed by atoms with Crippen molar-refractivity contribution in [1.82, 2.24) is 10.6 Å². The zero-order chi connectivity index (χ0) is 24.9. The van der Waals surface area contributed by atoms with Crippen LogP contribution in [0.2, 0.25) is 0 Å². The first-order valence-corrected chi connectivity index (χ1v) is 13.6. The molecule has 0 spiro atoms. The maximum absolute atomic E-state index is 12.7. The number of amides is 2. The molecular weight excluding hydrogens is 476 g/mol. The van der Waals surface area contributed by atoms with Gasteiger partial charge in [-0.2, -0.15) is 11.8 Å². The van der Waals surface area contributed by atoms with Crippen LogP contribution in [0.5, 0.6) is 5.75 Å². The van der Waals surface area contributed by atoms with Crippen LogP contribution in [0.3, 0.4) is 0 Å². The van der Waals surface area contributed by atoms with E-state index < -0.39 is 6.04 Å². The van der Waals surface area contributed by atoms with Gasteiger partial charge in [-0.25, -0.2) is 4.79 Å². The highest BCUT2D eigenvalue weighted by Crippen LogP contribution is 2.29. The normalized spacial score (nSPS) is 15.7. The van der Waals surface area contributed by atoms with Crippen LogP contribution in [0.15, 0.2) is 57.7 Å². The Balaban J connectivity index is 1.20. The van der Waals surface area contributed by atoms with Crippen molar-refractivity contribution in [2.24, 2.45) is 0 Å². The van der Waals surface area contributed by atoms with Gasteiger partial charge in [0.05, 0.1) is 0 Å². The van der Waals surface area contributed by atoms with Gasteiger partial charge in [0.1, 0.15) is 17.4 Å². The minimum Gasteiger partial charge on any atom is -0.484 e. The van der Waals surface area contributed by atoms with Gasteiger partial charge in [0.2, 0.25) is 5.91 Å². The van der Waals surface area contributed by atoms with Crippen LogP contribution in [0, 0.1) is 0 Å². The highest BCUT2D eigenvalue weighted by atomic mass is 32.2. The third-order valence-corrected chi connectivity index (χ3v) is 7.64. The summed E-state index contributed by atoms with van der Waals surface area (Å²) in [5.41, 5.74) is 3.20. The first-order chi connectivity index (χ1) is 17.6. The van der Waals surface area contributed by atoms with E-state index in [4.69, 9.17) is 9.15 Å². The van der Waals surface area contributed by atoms with E-state index >= 15 is 0 Å². The number of thioether (sulfide) groups is 1. The Labute approximate surface area is 214 Å². The van der Waals surface area contributed by atoms with Crippen molar-refractivity contribution in [2.45, 2.75) is 56.4 Å². The smallest absolute Gasteiger partial charge is 0.339 e. The maximum Gasteiger partial charge on any atom is 0.339 e. The van der Waals surface area contributed by atoms with E-state index in [0.29, 0.717) is 17.1 Å². The van der Waals surface area contributed by atoms with Gasteiger partial charge in [0.15, 0.2) is 6.61 Å². The van der Waals surface area contributed by atoms with Crippen LogP contribution in [0.1, 0.15) is 42.4 Å². The first kappa shape index (κ1) is 24.4. The number of fused-ring (bicyclic) bond motifs is 3. The molecule has 1 fully saturated rings. The second-order valence-corrected chi connectivity index (χ2v) is 10.4. The zero-order valence-electron chi connectivity index (χ0n) is 20.1. The minimum absolute atomic E-state index is 0.163. The quantitative estimate of drug-likeness (QED) is 0.407. The van der Waals surface area contributed by atoms with E-state index in [-0.39, 0.29) is 30.1 Å². The molecule has 188 valence electrons. The zero-order valence-corrected chi connectivity index (χ0v) is 20.9. The fourth-order valence-electron chi connectivity index (χ4n) is 4.48. The Morgan fingerprint density at radius 3 is 2.61 bits per heavy atom. The molecule has 1 aromatic heterocycles. The van der Waals surface area contributed by atoms with E-state index in [1.165, 1.54) is 5.56 Å². The molecular formula is C28H30N2O5S. The molecule has 5 rings (SSSR count). The lowest BCUT2D eigenvalue weighted by Gasteiger charge is -2.19. The summed E-state index contributed by atoms with van der Waals surface area (Å²) in [6.07, 6.45) is 5.65. The number of benzene rings is 2. The monoisotopic (exact) mass is 506 g/mol. The van der Waals surface area contributed by atoms with Crippen molar-refractivity contribution in [1.29, 1.82) is 0 Å². The molecule has 0 saturated heterocycles. The van der Waals surface area contributed by atoms with Crippen LogP contribution >= 0.6 is 11.8 Å². The SMILES string of the molecule is O=C(COc1ccc2c3c(c(=O)oc2c1)CCCC3)NC(CSCc1ccccc1)C(=O)NC1CC1. The molecule has 2 aromatic carbocycles. The Morgan fingerprint density at radius 1 is 1.06 bits per heavy atom. The van der Waals surface area contributed by atoms with Gasteiger partial charge in [0.25, 0.3) is 5.91 Å². The lowest BCUT2D eigenvalue weighted by molar-refractivity contribution is -0.129. The van der Waals surface area contributed by atoms with Gasteiger partial charge in [-0.1, -0.05) is 30.3 Å². The van der Waals surface area contributed by atoms with Crippen molar-refractivity contribution < 1.29 is 18.7 Å². The molecule has 0 aliphatic heterocycles. The molecule has 2 aliphatic rings. The van der Waals surface area contributed by atoms with Gasteiger partial charge < -0.3 is 19.8 Å². The van der Waals surface area contributed by atoms with E-state index in [9.17, 15) is 14.4 Å². The number of ether oxygens (including phenoxy) is 1. The minimum atomic E-state index is -0.642. The highest BCUT2D eigenvalue weighted by Gasteiger charge is 2.28. The molecule has 7 nitrogen and oxygen atoms in total. The predicted molar refractivity (Wildman–Crippen MR) is 140 cm³/mol. The summed E-state index contributed by atoms with van der Waals surface area (Å²) in [4.78, 5) is 37.8. The summed E-state index contributed by atoms with van der Waals surface area (Å²) in [6, 6.07) is 14.9. The van der Waals surface area contributed by atoms with Crippen LogP contribution in [-0.4, -0.2) is 36.3 Å². The topological polar surface area (TPSA) is 97.6 Å². The van der Waals surface area contributed by atoms with E-state index in [1.807, 2.05) is 36.4 Å². The summed E-state index contributed by atoms with van der Waals surface area (Å²) in [7, 11) is 0. The van der Waals surface area contributed by atoms with Crippen molar-refractivity contribution in [2.75, 3.05) is 12.4 Å². The molecule has 36 heavy (non-hydrogen) atoms. The fraction of sp³-hybridized carbons (Fsp3) is 0.393. The van der Waals surface area contributed by atoms with Crippen molar-refractivity contribution in [3.8, 4) is 5.75 Å². The first-order valence-electron chi connectivity index (χ1n) is 12.5. The number of rotatable bonds is 10. The fourth-order valence-corrected chi connectivity index (χ4v) is 5.50. The Bertz CT molecular complexity index is 1300. The number of hydrogen-bond acceptors (Lipinski definition) is 6. The van der Waals surface area contributed by atoms with Crippen LogP contribution in [0.25, 0.3) is 11.0 Å². The summed E-state index contributed by atoms with van der Waals surface area (Å²) in [6.45, 7) is -0.239. The number of carbonyl (C=O) groups is 2. The van der Waals surface area contributed by atoms with Gasteiger partial charge in [0, 0.05) is 34.6 Å². The standard InChI is InChI=1S/C28H30N2O5S/c31-26(30-24(27(32)29-19-10-11-19)17-36-16-18-6-2-1-3-7-18)15-34-20-12-13-22-21-8-4-5-9-23(21)28(33)35-25(22)14-20/h1-3,6-7,12-14,19,24H,4-5,8-11,15-17H2,(H,29,32)(H,30,31). The molecule has 0 radical (unpaired) electrons. The van der Waals surface area contributed by atoms with Crippen molar-refractivity contribution in [3.63, 3.8) is 0 Å². The third-order valence-electron chi connectivity index (χ3n) is 6.54. The molecule has 1 atom stereocenters. The molecule has 1 heterocycles. The molecule has 0 bridgehead atoms. The average Bonchev–Trinajstić information content (AvgIpc) is 3.71. The lowest BCUT2D eigenvalue weighted by atomic mass is 9.91. The van der Waals surface area contributed by atoms with Crippen LogP contribution < -0.4 is 21.0 Å². The average molecular weight is 507 g/mol. The molecule has 8 heteroatoms. The second kappa shape index (κ2) is 11.2. The van der Waals surface area contributed by atoms with E-state index in [1.54, 1.807) is 23.9 Å². The number of nitrogens with one attached hydrogen (secondary N) is 2. The van der Waals surface area contributed by atoms with Gasteiger partial charge in [-0.05, 0) is 61.8 Å². The second-order valence-electron chi connectivity index (χ2n) is 9.40. The largest absolute Gasteiger partial charge is 0.484 e. The van der Waals surface area contributed by atoms with Crippen LogP contribution in [-0.2, 0) is 28.2 Å². The van der Waals surface area contributed by atoms with Gasteiger partial charge >= 0.3 is 5.63 Å². The molecule has 1 unspecified atom stereocenters. The molecule has 2 N–H and O–H groups in total. The Morgan fingerprint density at radius 2 is 1.83 bits per heavy atom. The number of carbonyl (C=O) groups excluding carboxylic acids is 2. The Kier molecular flexibility index (Phi) is 7.60. The lowest BCUT2D eigenvalue weighted by Crippen LogP contribution is -2.50. The third kappa shape index (κ3) is 6.10. The maximum atomic E-state index is 12.7.